The number of thioether (sulfide) groups is 1. The van der Waals surface area contributed by atoms with Gasteiger partial charge in [0.1, 0.15) is 5.69 Å². The van der Waals surface area contributed by atoms with E-state index in [2.05, 4.69) is 5.10 Å². The van der Waals surface area contributed by atoms with E-state index in [0.29, 0.717) is 0 Å². The Morgan fingerprint density at radius 2 is 2.27 bits per heavy atom. The summed E-state index contributed by atoms with van der Waals surface area (Å²) in [6.45, 7) is -0.0845. The highest BCUT2D eigenvalue weighted by atomic mass is 32.2. The molecule has 0 aliphatic heterocycles. The first-order valence-electron chi connectivity index (χ1n) is 3.86. The number of hydrogen-bond acceptors (Lipinski definition) is 3. The monoisotopic (exact) mass is 240 g/mol. The van der Waals surface area contributed by atoms with Crippen LogP contribution in [0.25, 0.3) is 0 Å². The minimum Gasteiger partial charge on any atom is -0.477 e. The smallest absolute Gasteiger partial charge is 0.441 e. The molecule has 0 aliphatic carbocycles. The fourth-order valence-electron chi connectivity index (χ4n) is 0.940. The van der Waals surface area contributed by atoms with Gasteiger partial charge in [-0.25, -0.2) is 4.79 Å². The zero-order valence-electron chi connectivity index (χ0n) is 7.36. The summed E-state index contributed by atoms with van der Waals surface area (Å²) in [4.78, 5) is 10.6. The minimum atomic E-state index is -4.30. The molecule has 4 nitrogen and oxygen atoms in total. The van der Waals surface area contributed by atoms with Crippen LogP contribution in [0.15, 0.2) is 12.3 Å². The predicted octanol–water partition coefficient (Wildman–Crippen LogP) is 1.83. The molecule has 8 heteroatoms. The van der Waals surface area contributed by atoms with E-state index in [1.807, 2.05) is 0 Å². The molecule has 1 N–H and O–H groups in total. The normalized spacial score (nSPS) is 11.7. The van der Waals surface area contributed by atoms with E-state index in [1.165, 1.54) is 12.3 Å². The van der Waals surface area contributed by atoms with Gasteiger partial charge in [-0.1, -0.05) is 0 Å². The quantitative estimate of drug-likeness (QED) is 0.872. The van der Waals surface area contributed by atoms with E-state index in [0.717, 1.165) is 4.68 Å². The van der Waals surface area contributed by atoms with Crippen LogP contribution in [0.5, 0.6) is 0 Å². The average molecular weight is 240 g/mol. The van der Waals surface area contributed by atoms with Crippen LogP contribution >= 0.6 is 11.8 Å². The van der Waals surface area contributed by atoms with Gasteiger partial charge in [-0.15, -0.1) is 0 Å². The van der Waals surface area contributed by atoms with Gasteiger partial charge in [-0.3, -0.25) is 4.68 Å². The van der Waals surface area contributed by atoms with Gasteiger partial charge >= 0.3 is 11.5 Å². The van der Waals surface area contributed by atoms with Crippen LogP contribution in [0.1, 0.15) is 10.5 Å². The second kappa shape index (κ2) is 4.56. The van der Waals surface area contributed by atoms with Crippen molar-refractivity contribution in [2.45, 2.75) is 12.1 Å². The van der Waals surface area contributed by atoms with Crippen molar-refractivity contribution in [3.8, 4) is 0 Å². The highest BCUT2D eigenvalue weighted by molar-refractivity contribution is 8.00. The van der Waals surface area contributed by atoms with Crippen LogP contribution < -0.4 is 0 Å². The second-order valence-corrected chi connectivity index (χ2v) is 3.70. The fraction of sp³-hybridized carbons (Fsp3) is 0.429. The topological polar surface area (TPSA) is 55.1 Å². The summed E-state index contributed by atoms with van der Waals surface area (Å²) in [5.74, 6) is -1.46. The van der Waals surface area contributed by atoms with Crippen molar-refractivity contribution in [1.29, 1.82) is 0 Å². The van der Waals surface area contributed by atoms with Crippen molar-refractivity contribution in [3.63, 3.8) is 0 Å². The van der Waals surface area contributed by atoms with Gasteiger partial charge in [-0.05, 0) is 17.8 Å². The molecule has 0 spiro atoms. The Labute approximate surface area is 87.1 Å². The summed E-state index contributed by atoms with van der Waals surface area (Å²) < 4.78 is 36.3. The number of aromatic nitrogens is 2. The van der Waals surface area contributed by atoms with Gasteiger partial charge in [0.2, 0.25) is 0 Å². The molecule has 0 saturated heterocycles. The molecule has 84 valence electrons. The Hall–Kier alpha value is -1.18. The van der Waals surface area contributed by atoms with Crippen molar-refractivity contribution in [1.82, 2.24) is 9.78 Å². The fourth-order valence-corrected chi connectivity index (χ4v) is 1.44. The van der Waals surface area contributed by atoms with Gasteiger partial charge in [0.05, 0.1) is 6.54 Å². The van der Waals surface area contributed by atoms with Crippen LogP contribution in [-0.2, 0) is 6.54 Å². The molecule has 0 aliphatic rings. The first-order chi connectivity index (χ1) is 6.90. The molecule has 0 saturated carbocycles. The molecule has 1 aromatic rings. The van der Waals surface area contributed by atoms with E-state index in [1.54, 1.807) is 0 Å². The molecule has 0 bridgehead atoms. The Morgan fingerprint density at radius 3 is 2.80 bits per heavy atom. The third-order valence-corrected chi connectivity index (χ3v) is 2.22. The summed E-state index contributed by atoms with van der Waals surface area (Å²) in [6.07, 6.45) is 1.24. The summed E-state index contributed by atoms with van der Waals surface area (Å²) >= 11 is -0.202. The molecule has 1 aromatic heterocycles. The molecular formula is C7H7F3N2O2S. The summed E-state index contributed by atoms with van der Waals surface area (Å²) in [7, 11) is 0. The van der Waals surface area contributed by atoms with Gasteiger partial charge in [-0.2, -0.15) is 18.3 Å². The summed E-state index contributed by atoms with van der Waals surface area (Å²) in [5, 5.41) is 12.2. The molecule has 0 atom stereocenters. The van der Waals surface area contributed by atoms with Crippen LogP contribution in [0.3, 0.4) is 0 Å². The summed E-state index contributed by atoms with van der Waals surface area (Å²) in [6, 6.07) is 1.24. The van der Waals surface area contributed by atoms with E-state index < -0.39 is 11.5 Å². The number of rotatable bonds is 4. The molecule has 0 unspecified atom stereocenters. The number of carboxylic acid groups (broad SMARTS) is 1. The Balaban J connectivity index is 2.51. The third-order valence-electron chi connectivity index (χ3n) is 1.50. The minimum absolute atomic E-state index is 0.0845. The highest BCUT2D eigenvalue weighted by Gasteiger charge is 2.27. The van der Waals surface area contributed by atoms with Crippen molar-refractivity contribution in [2.24, 2.45) is 0 Å². The lowest BCUT2D eigenvalue weighted by molar-refractivity contribution is -0.0328. The van der Waals surface area contributed by atoms with Gasteiger partial charge in [0.25, 0.3) is 0 Å². The Morgan fingerprint density at radius 1 is 1.60 bits per heavy atom. The Bertz CT molecular complexity index is 350. The number of alkyl halides is 3. The van der Waals surface area contributed by atoms with E-state index in [-0.39, 0.29) is 29.8 Å². The maximum atomic E-state index is 11.8. The third kappa shape index (κ3) is 3.82. The van der Waals surface area contributed by atoms with Crippen molar-refractivity contribution < 1.29 is 23.1 Å². The molecule has 0 amide bonds. The van der Waals surface area contributed by atoms with E-state index in [9.17, 15) is 18.0 Å². The number of halogens is 3. The average Bonchev–Trinajstić information content (AvgIpc) is 2.49. The standard InChI is InChI=1S/C7H7F3N2O2S/c8-7(9,10)15-4-3-12-5(6(13)14)1-2-11-12/h1-2H,3-4H2,(H,13,14). The first kappa shape index (κ1) is 11.9. The molecule has 1 rings (SSSR count). The lowest BCUT2D eigenvalue weighted by atomic mass is 10.4. The molecule has 0 fully saturated rings. The number of nitrogens with zero attached hydrogens (tertiary/aromatic N) is 2. The number of hydrogen-bond donors (Lipinski definition) is 1. The number of aryl methyl sites for hydroxylation is 1. The lowest BCUT2D eigenvalue weighted by Gasteiger charge is -2.06. The van der Waals surface area contributed by atoms with Crippen molar-refractivity contribution >= 4 is 17.7 Å². The number of carboxylic acids is 1. The highest BCUT2D eigenvalue weighted by Crippen LogP contribution is 2.29. The van der Waals surface area contributed by atoms with E-state index >= 15 is 0 Å². The van der Waals surface area contributed by atoms with Gasteiger partial charge in [0.15, 0.2) is 0 Å². The zero-order chi connectivity index (χ0) is 11.5. The molecule has 15 heavy (non-hydrogen) atoms. The largest absolute Gasteiger partial charge is 0.477 e. The zero-order valence-corrected chi connectivity index (χ0v) is 8.18. The molecular weight excluding hydrogens is 233 g/mol. The predicted molar refractivity (Wildman–Crippen MR) is 47.7 cm³/mol. The first-order valence-corrected chi connectivity index (χ1v) is 4.84. The molecule has 0 aromatic carbocycles. The molecule has 0 radical (unpaired) electrons. The number of aromatic carboxylic acids is 1. The summed E-state index contributed by atoms with van der Waals surface area (Å²) in [5.41, 5.74) is -4.41. The van der Waals surface area contributed by atoms with Crippen LogP contribution in [-0.4, -0.2) is 32.1 Å². The van der Waals surface area contributed by atoms with Crippen molar-refractivity contribution in [3.05, 3.63) is 18.0 Å². The SMILES string of the molecule is O=C(O)c1ccnn1CCSC(F)(F)F. The van der Waals surface area contributed by atoms with Crippen LogP contribution in [0.4, 0.5) is 13.2 Å². The molecule has 1 heterocycles. The van der Waals surface area contributed by atoms with Crippen molar-refractivity contribution in [2.75, 3.05) is 5.75 Å². The maximum Gasteiger partial charge on any atom is 0.441 e. The maximum absolute atomic E-state index is 11.8. The second-order valence-electron chi connectivity index (χ2n) is 2.54. The Kier molecular flexibility index (Phi) is 3.61. The van der Waals surface area contributed by atoms with Crippen LogP contribution in [0, 0.1) is 0 Å². The van der Waals surface area contributed by atoms with Gasteiger partial charge < -0.3 is 5.11 Å². The van der Waals surface area contributed by atoms with E-state index in [4.69, 9.17) is 5.11 Å². The lowest BCUT2D eigenvalue weighted by Crippen LogP contribution is -2.13. The number of carbonyl (C=O) groups is 1. The van der Waals surface area contributed by atoms with Gasteiger partial charge in [0, 0.05) is 11.9 Å². The van der Waals surface area contributed by atoms with Crippen LogP contribution in [0.2, 0.25) is 0 Å².